The number of hydrogen-bond acceptors (Lipinski definition) is 29. The third-order valence-corrected chi connectivity index (χ3v) is 6.48. The van der Waals surface area contributed by atoms with E-state index in [-0.39, 0.29) is 13.0 Å². The maximum Gasteiger partial charge on any atom is 0.394 e. The summed E-state index contributed by atoms with van der Waals surface area (Å²) in [4.78, 5) is 0. The summed E-state index contributed by atoms with van der Waals surface area (Å²) < 4.78 is 243. The van der Waals surface area contributed by atoms with Crippen molar-refractivity contribution in [3.05, 3.63) is 0 Å². The first-order valence-corrected chi connectivity index (χ1v) is 25.5. The summed E-state index contributed by atoms with van der Waals surface area (Å²) in [6, 6.07) is -2.86. The van der Waals surface area contributed by atoms with Crippen molar-refractivity contribution < 1.29 is 177 Å². The molecule has 15 atom stereocenters. The molecular weight excluding hydrogens is 1120 g/mol. The Balaban J connectivity index is -0.000000303. The van der Waals surface area contributed by atoms with Crippen LogP contribution >= 0.6 is 0 Å². The van der Waals surface area contributed by atoms with E-state index in [1.54, 1.807) is 0 Å². The minimum Gasteiger partial charge on any atom is -0.394 e. The van der Waals surface area contributed by atoms with Gasteiger partial charge in [0.2, 0.25) is 0 Å². The van der Waals surface area contributed by atoms with E-state index in [0.717, 1.165) is 0 Å². The van der Waals surface area contributed by atoms with Crippen LogP contribution in [-0.4, -0.2) is 263 Å². The first-order valence-electron chi connectivity index (χ1n) is 15.7. The Hall–Kier alpha value is -1.51. The third-order valence-electron chi connectivity index (χ3n) is 6.48. The van der Waals surface area contributed by atoms with Crippen LogP contribution in [0.5, 0.6) is 0 Å². The molecule has 3 aliphatic rings. The second kappa shape index (κ2) is 31.8. The zero-order valence-corrected chi connectivity index (χ0v) is 38.4. The largest absolute Gasteiger partial charge is 0.394 e. The maximum atomic E-state index is 10.9. The monoisotopic (exact) mass is 1170 g/mol. The van der Waals surface area contributed by atoms with Crippen LogP contribution in [0.1, 0.15) is 6.42 Å². The minimum absolute atomic E-state index is 0.0849. The number of ether oxygens (including phenoxy) is 4. The third kappa shape index (κ3) is 52.3. The summed E-state index contributed by atoms with van der Waals surface area (Å²) in [5.74, 6) is 0. The molecule has 43 nitrogen and oxygen atoms in total. The van der Waals surface area contributed by atoms with Gasteiger partial charge in [-0.05, 0) is 6.42 Å². The van der Waals surface area contributed by atoms with Crippen LogP contribution in [-0.2, 0) is 91.7 Å². The number of nitrogens with two attached hydrogens (primary N) is 4. The number of aliphatic hydroxyl groups excluding tert-OH is 7. The van der Waals surface area contributed by atoms with Gasteiger partial charge in [-0.1, -0.05) is 0 Å². The van der Waals surface area contributed by atoms with Crippen molar-refractivity contribution in [2.24, 2.45) is 22.9 Å². The van der Waals surface area contributed by atoms with E-state index < -0.39 is 171 Å². The Bertz CT molecular complexity index is 1810. The average molecular weight is 1170 g/mol. The highest BCUT2D eigenvalue weighted by molar-refractivity contribution is 7.81. The first kappa shape index (κ1) is 75.4. The quantitative estimate of drug-likeness (QED) is 0.110. The number of hydrogen-bond donors (Lipinski definition) is 25. The van der Waals surface area contributed by atoms with E-state index in [2.05, 4.69) is 0 Å². The highest BCUT2D eigenvalue weighted by atomic mass is 32.3. The van der Waals surface area contributed by atoms with Crippen LogP contribution < -0.4 is 22.9 Å². The molecule has 0 aromatic carbocycles. The molecule has 3 rings (SSSR count). The molecule has 68 heavy (non-hydrogen) atoms. The Morgan fingerprint density at radius 3 is 0.897 bits per heavy atom. The Morgan fingerprint density at radius 2 is 0.647 bits per heavy atom. The molecule has 3 fully saturated rings. The highest BCUT2D eigenvalue weighted by Gasteiger charge is 2.51. The van der Waals surface area contributed by atoms with E-state index in [1.165, 1.54) is 0 Å². The predicted molar refractivity (Wildman–Crippen MR) is 207 cm³/mol. The molecule has 0 unspecified atom stereocenters. The fourth-order valence-corrected chi connectivity index (χ4v) is 4.40. The molecule has 0 aromatic rings. The van der Waals surface area contributed by atoms with Crippen molar-refractivity contribution in [2.45, 2.75) is 98.2 Å². The van der Waals surface area contributed by atoms with Crippen molar-refractivity contribution >= 4 is 72.8 Å². The first-order chi connectivity index (χ1) is 29.5. The van der Waals surface area contributed by atoms with Gasteiger partial charge in [0.25, 0.3) is 0 Å². The molecule has 2 saturated heterocycles. The molecule has 1 aliphatic carbocycles. The Kier molecular flexibility index (Phi) is 35.3. The van der Waals surface area contributed by atoms with Crippen molar-refractivity contribution in [2.75, 3.05) is 13.2 Å². The summed E-state index contributed by atoms with van der Waals surface area (Å²) in [5, 5.41) is 70.9. The summed E-state index contributed by atoms with van der Waals surface area (Å²) in [7, 11) is -32.7. The predicted octanol–water partition coefficient (Wildman–Crippen LogP) is -11.9. The van der Waals surface area contributed by atoms with Crippen LogP contribution in [0.25, 0.3) is 0 Å². The fraction of sp³-hybridized carbons (Fsp3) is 1.00. The summed E-state index contributed by atoms with van der Waals surface area (Å²) >= 11 is 0. The average Bonchev–Trinajstić information content (AvgIpc) is 3.03. The van der Waals surface area contributed by atoms with Gasteiger partial charge in [-0.25, -0.2) is 0 Å². The molecule has 2 aliphatic heterocycles. The van der Waals surface area contributed by atoms with E-state index in [0.29, 0.717) is 0 Å². The number of rotatable bonds is 6. The highest BCUT2D eigenvalue weighted by Crippen LogP contribution is 2.31. The van der Waals surface area contributed by atoms with Gasteiger partial charge < -0.3 is 77.6 Å². The molecule has 2 heterocycles. The second-order valence-electron chi connectivity index (χ2n) is 11.9. The molecule has 0 aromatic heterocycles. The molecule has 0 amide bonds. The van der Waals surface area contributed by atoms with Crippen molar-refractivity contribution in [1.82, 2.24) is 0 Å². The second-order valence-corrected chi connectivity index (χ2v) is 18.2. The molecule has 1 saturated carbocycles. The van der Waals surface area contributed by atoms with Gasteiger partial charge in [-0.3, -0.25) is 63.7 Å². The lowest BCUT2D eigenvalue weighted by molar-refractivity contribution is -0.332. The minimum atomic E-state index is -4.67. The SMILES string of the molecule is NC[C@H]1O[C@H](O[C@H]2[C@H](O)[C@@H](O[C@H]3O[C@H](CO)[C@@H](O)[C@H](N)[C@H]3O)[C@H](N)C[C@@H]2N)[C@H](O)[C@@H](O)[C@@H]1O.O=S(=O)(O)O.O=S(=O)(O)O.O=S(=O)(O)O.O=S(=O)(O)O.O=S(=O)(O)O.O=S(=O)(O)O.O=S(=O)(O)O. The molecule has 0 spiro atoms. The van der Waals surface area contributed by atoms with E-state index in [9.17, 15) is 35.7 Å². The summed E-state index contributed by atoms with van der Waals surface area (Å²) in [6.45, 7) is -0.763. The van der Waals surface area contributed by atoms with Crippen LogP contribution in [0.15, 0.2) is 0 Å². The van der Waals surface area contributed by atoms with Gasteiger partial charge in [-0.2, -0.15) is 58.9 Å². The van der Waals surface area contributed by atoms with E-state index in [4.69, 9.17) is 165 Å². The van der Waals surface area contributed by atoms with Gasteiger partial charge in [0.05, 0.1) is 12.6 Å². The van der Waals surface area contributed by atoms with Crippen LogP contribution in [0.3, 0.4) is 0 Å². The van der Waals surface area contributed by atoms with Gasteiger partial charge in [0.15, 0.2) is 12.6 Å². The molecule has 0 radical (unpaired) electrons. The molecule has 50 heteroatoms. The van der Waals surface area contributed by atoms with Crippen molar-refractivity contribution in [1.29, 1.82) is 0 Å². The van der Waals surface area contributed by atoms with E-state index in [1.807, 2.05) is 0 Å². The lowest BCUT2D eigenvalue weighted by Gasteiger charge is -2.48. The zero-order valence-electron chi connectivity index (χ0n) is 32.7. The van der Waals surface area contributed by atoms with Crippen LogP contribution in [0.2, 0.25) is 0 Å². The lowest BCUT2D eigenvalue weighted by atomic mass is 9.84. The van der Waals surface area contributed by atoms with E-state index >= 15 is 0 Å². The smallest absolute Gasteiger partial charge is 0.394 e. The van der Waals surface area contributed by atoms with Crippen LogP contribution in [0, 0.1) is 0 Å². The lowest BCUT2D eigenvalue weighted by Crippen LogP contribution is -2.68. The Labute approximate surface area is 383 Å². The van der Waals surface area contributed by atoms with Crippen molar-refractivity contribution in [3.8, 4) is 0 Å². The number of aliphatic hydroxyl groups is 7. The van der Waals surface area contributed by atoms with Gasteiger partial charge in [-0.15, -0.1) is 0 Å². The fourth-order valence-electron chi connectivity index (χ4n) is 4.40. The van der Waals surface area contributed by atoms with Crippen LogP contribution in [0.4, 0.5) is 0 Å². The molecule has 0 bridgehead atoms. The topological polar surface area (TPSA) is 805 Å². The molecular formula is C18H50N4O39S7. The standard InChI is InChI=1S/C18H36N4O11.7H2O4S/c19-2-6-10(25)12(27)13(28)18(30-6)33-16-5(21)1-4(20)15(14(16)29)32-17-11(26)8(22)9(24)7(3-23)31-17;7*1-5(2,3)4/h4-18,23-29H,1-3,19-22H2;7*(H2,1,2,3,4)/t4-,5+,6-,7-,8+,9-,10-,11-,12+,13-,14-,15+,16-,17-,18-;;;;;;;/m1......./s1. The zero-order chi connectivity index (χ0) is 56.1. The van der Waals surface area contributed by atoms with Gasteiger partial charge in [0, 0.05) is 18.6 Å². The summed E-state index contributed by atoms with van der Waals surface area (Å²) in [5.41, 5.74) is 23.5. The maximum absolute atomic E-state index is 10.9. The summed E-state index contributed by atoms with van der Waals surface area (Å²) in [6.07, 6.45) is -16.5. The molecule has 29 N–H and O–H groups in total. The molecule has 418 valence electrons. The Morgan fingerprint density at radius 1 is 0.397 bits per heavy atom. The van der Waals surface area contributed by atoms with Gasteiger partial charge >= 0.3 is 72.8 Å². The van der Waals surface area contributed by atoms with Crippen molar-refractivity contribution in [3.63, 3.8) is 0 Å². The normalized spacial score (nSPS) is 32.0. The van der Waals surface area contributed by atoms with Gasteiger partial charge in [0.1, 0.15) is 61.0 Å².